The molecule has 0 spiro atoms. The number of carbonyl (C=O) groups excluding carboxylic acids is 2. The van der Waals surface area contributed by atoms with Gasteiger partial charge in [-0.3, -0.25) is 9.59 Å². The summed E-state index contributed by atoms with van der Waals surface area (Å²) in [6.07, 6.45) is 1.54. The number of hydrazone groups is 1. The lowest BCUT2D eigenvalue weighted by molar-refractivity contribution is -0.130. The second kappa shape index (κ2) is 11.5. The topological polar surface area (TPSA) is 88.4 Å². The first-order chi connectivity index (χ1) is 16.0. The number of hydrogen-bond acceptors (Lipinski definition) is 7. The lowest BCUT2D eigenvalue weighted by atomic mass is 10.1. The highest BCUT2D eigenvalue weighted by Crippen LogP contribution is 2.29. The molecule has 0 saturated heterocycles. The molecule has 1 heterocycles. The summed E-state index contributed by atoms with van der Waals surface area (Å²) in [5.74, 6) is 0.00688. The molecule has 2 aromatic carbocycles. The predicted molar refractivity (Wildman–Crippen MR) is 126 cm³/mol. The monoisotopic (exact) mass is 472 g/mol. The first kappa shape index (κ1) is 24.3. The van der Waals surface area contributed by atoms with Crippen molar-refractivity contribution in [3.8, 4) is 11.5 Å². The van der Waals surface area contributed by atoms with Gasteiger partial charge in [0.05, 0.1) is 24.6 Å². The maximum absolute atomic E-state index is 13.9. The molecule has 0 bridgehead atoms. The van der Waals surface area contributed by atoms with Crippen LogP contribution in [0, 0.1) is 5.82 Å². The Hall–Kier alpha value is -3.30. The lowest BCUT2D eigenvalue weighted by Gasteiger charge is -2.14. The molecule has 1 N–H and O–H groups in total. The molecule has 0 aliphatic rings. The molecule has 0 saturated carbocycles. The van der Waals surface area contributed by atoms with Crippen molar-refractivity contribution in [2.24, 2.45) is 5.10 Å². The molecule has 0 aliphatic carbocycles. The van der Waals surface area contributed by atoms with Crippen LogP contribution in [0.3, 0.4) is 0 Å². The Kier molecular flexibility index (Phi) is 8.51. The van der Waals surface area contributed by atoms with Gasteiger partial charge in [0.15, 0.2) is 17.3 Å². The largest absolute Gasteiger partial charge is 0.493 e. The number of ketones is 1. The zero-order valence-electron chi connectivity index (χ0n) is 18.4. The van der Waals surface area contributed by atoms with Gasteiger partial charge in [0.1, 0.15) is 12.4 Å². The van der Waals surface area contributed by atoms with Gasteiger partial charge in [0, 0.05) is 41.3 Å². The van der Waals surface area contributed by atoms with Crippen LogP contribution >= 0.6 is 11.3 Å². The Morgan fingerprint density at radius 3 is 2.76 bits per heavy atom. The van der Waals surface area contributed by atoms with Crippen LogP contribution in [0.25, 0.3) is 10.1 Å². The summed E-state index contributed by atoms with van der Waals surface area (Å²) >= 11 is 1.28. The van der Waals surface area contributed by atoms with E-state index in [0.717, 1.165) is 10.9 Å². The molecule has 1 aromatic heterocycles. The summed E-state index contributed by atoms with van der Waals surface area (Å²) < 4.78 is 25.0. The summed E-state index contributed by atoms with van der Waals surface area (Å²) in [5.41, 5.74) is 1.13. The van der Waals surface area contributed by atoms with Crippen molar-refractivity contribution in [2.75, 3.05) is 26.9 Å². The van der Waals surface area contributed by atoms with E-state index < -0.39 is 0 Å². The molecule has 0 fully saturated rings. The summed E-state index contributed by atoms with van der Waals surface area (Å²) in [5, 5.41) is 17.0. The Balaban J connectivity index is 1.63. The molecule has 3 rings (SSSR count). The highest BCUT2D eigenvalue weighted by molar-refractivity contribution is 7.17. The van der Waals surface area contributed by atoms with Crippen molar-refractivity contribution in [1.29, 1.82) is 0 Å². The van der Waals surface area contributed by atoms with Crippen molar-refractivity contribution in [3.63, 3.8) is 0 Å². The maximum atomic E-state index is 13.9. The summed E-state index contributed by atoms with van der Waals surface area (Å²) in [4.78, 5) is 25.2. The van der Waals surface area contributed by atoms with E-state index in [0.29, 0.717) is 28.3 Å². The number of nitrogens with zero attached hydrogens (tertiary/aromatic N) is 2. The number of methoxy groups -OCH3 is 1. The fourth-order valence-electron chi connectivity index (χ4n) is 3.21. The van der Waals surface area contributed by atoms with E-state index in [1.165, 1.54) is 35.7 Å². The molecule has 0 atom stereocenters. The minimum Gasteiger partial charge on any atom is -0.493 e. The van der Waals surface area contributed by atoms with Crippen LogP contribution in [0.4, 0.5) is 4.39 Å². The standard InChI is InChI=1S/C24H25FN2O5S/c1-3-27(26-14-17-15-33-24-18(17)5-4-6-19(24)25)23(30)10-8-20(29)16-7-9-21(32-12-11-28)22(13-16)31-2/h4-7,9,13-15,28H,3,8,10-12H2,1-2H3/b26-14+. The van der Waals surface area contributed by atoms with Gasteiger partial charge < -0.3 is 14.6 Å². The molecule has 174 valence electrons. The fourth-order valence-corrected chi connectivity index (χ4v) is 4.13. The molecule has 33 heavy (non-hydrogen) atoms. The van der Waals surface area contributed by atoms with E-state index >= 15 is 0 Å². The molecule has 0 radical (unpaired) electrons. The molecular formula is C24H25FN2O5S. The van der Waals surface area contributed by atoms with Gasteiger partial charge >= 0.3 is 0 Å². The van der Waals surface area contributed by atoms with Gasteiger partial charge in [0.2, 0.25) is 5.91 Å². The van der Waals surface area contributed by atoms with E-state index in [9.17, 15) is 14.0 Å². The minimum atomic E-state index is -0.289. The second-order valence-corrected chi connectivity index (χ2v) is 7.90. The Bertz CT molecular complexity index is 1160. The van der Waals surface area contributed by atoms with Crippen molar-refractivity contribution in [1.82, 2.24) is 5.01 Å². The molecular weight excluding hydrogens is 447 g/mol. The highest BCUT2D eigenvalue weighted by Gasteiger charge is 2.16. The predicted octanol–water partition coefficient (Wildman–Crippen LogP) is 4.27. The Morgan fingerprint density at radius 2 is 2.03 bits per heavy atom. The van der Waals surface area contributed by atoms with Gasteiger partial charge in [0.25, 0.3) is 0 Å². The average molecular weight is 473 g/mol. The number of carbonyl (C=O) groups is 2. The van der Waals surface area contributed by atoms with E-state index in [2.05, 4.69) is 5.10 Å². The molecule has 1 amide bonds. The average Bonchev–Trinajstić information content (AvgIpc) is 3.25. The number of ether oxygens (including phenoxy) is 2. The van der Waals surface area contributed by atoms with E-state index in [-0.39, 0.29) is 43.6 Å². The van der Waals surface area contributed by atoms with Crippen LogP contribution in [0.1, 0.15) is 35.7 Å². The number of hydrogen-bond donors (Lipinski definition) is 1. The van der Waals surface area contributed by atoms with E-state index in [1.807, 2.05) is 0 Å². The summed E-state index contributed by atoms with van der Waals surface area (Å²) in [6, 6.07) is 9.59. The first-order valence-corrected chi connectivity index (χ1v) is 11.3. The highest BCUT2D eigenvalue weighted by atomic mass is 32.1. The number of amides is 1. The number of benzene rings is 2. The van der Waals surface area contributed by atoms with Crippen LogP contribution in [0.15, 0.2) is 46.9 Å². The van der Waals surface area contributed by atoms with E-state index in [1.54, 1.807) is 42.6 Å². The van der Waals surface area contributed by atoms with Crippen LogP contribution in [0.5, 0.6) is 11.5 Å². The quantitative estimate of drug-likeness (QED) is 0.256. The SMILES string of the molecule is CCN(/N=C/c1csc2c(F)cccc12)C(=O)CCC(=O)c1ccc(OCCO)c(OC)c1. The third kappa shape index (κ3) is 5.94. The first-order valence-electron chi connectivity index (χ1n) is 10.4. The van der Waals surface area contributed by atoms with Gasteiger partial charge in [-0.25, -0.2) is 9.40 Å². The smallest absolute Gasteiger partial charge is 0.243 e. The molecule has 0 unspecified atom stereocenters. The van der Waals surface area contributed by atoms with Crippen molar-refractivity contribution >= 4 is 39.3 Å². The van der Waals surface area contributed by atoms with Crippen LogP contribution in [-0.2, 0) is 4.79 Å². The number of halogens is 1. The zero-order valence-corrected chi connectivity index (χ0v) is 19.2. The molecule has 3 aromatic rings. The molecule has 9 heteroatoms. The number of aliphatic hydroxyl groups is 1. The molecule has 7 nitrogen and oxygen atoms in total. The number of Topliss-reactive ketones (excluding diaryl/α,β-unsaturated/α-hetero) is 1. The zero-order chi connectivity index (χ0) is 23.8. The van der Waals surface area contributed by atoms with Gasteiger partial charge in [-0.05, 0) is 31.2 Å². The summed E-state index contributed by atoms with van der Waals surface area (Å²) in [6.45, 7) is 2.10. The third-order valence-corrected chi connectivity index (χ3v) is 5.93. The fraction of sp³-hybridized carbons (Fsp3) is 0.292. The van der Waals surface area contributed by atoms with Gasteiger partial charge in [-0.1, -0.05) is 12.1 Å². The number of fused-ring (bicyclic) bond motifs is 1. The van der Waals surface area contributed by atoms with E-state index in [4.69, 9.17) is 14.6 Å². The van der Waals surface area contributed by atoms with Crippen LogP contribution in [0.2, 0.25) is 0 Å². The Morgan fingerprint density at radius 1 is 1.21 bits per heavy atom. The number of thiophene rings is 1. The normalized spacial score (nSPS) is 11.2. The van der Waals surface area contributed by atoms with Crippen molar-refractivity contribution < 1.29 is 28.6 Å². The van der Waals surface area contributed by atoms with Crippen LogP contribution in [-0.4, -0.2) is 54.9 Å². The maximum Gasteiger partial charge on any atom is 0.243 e. The van der Waals surface area contributed by atoms with Crippen molar-refractivity contribution in [2.45, 2.75) is 19.8 Å². The third-order valence-electron chi connectivity index (χ3n) is 4.91. The number of aliphatic hydroxyl groups excluding tert-OH is 1. The number of rotatable bonds is 11. The van der Waals surface area contributed by atoms with Gasteiger partial charge in [-0.15, -0.1) is 11.3 Å². The minimum absolute atomic E-state index is 0.00585. The Labute approximate surface area is 195 Å². The van der Waals surface area contributed by atoms with Crippen LogP contribution < -0.4 is 9.47 Å². The summed E-state index contributed by atoms with van der Waals surface area (Å²) in [7, 11) is 1.46. The van der Waals surface area contributed by atoms with Crippen molar-refractivity contribution in [3.05, 3.63) is 58.7 Å². The van der Waals surface area contributed by atoms with Gasteiger partial charge in [-0.2, -0.15) is 5.10 Å². The second-order valence-electron chi connectivity index (χ2n) is 7.02. The molecule has 0 aliphatic heterocycles. The lowest BCUT2D eigenvalue weighted by Crippen LogP contribution is -2.26.